The van der Waals surface area contributed by atoms with Gasteiger partial charge in [-0.3, -0.25) is 9.69 Å². The van der Waals surface area contributed by atoms with Gasteiger partial charge in [0.15, 0.2) is 0 Å². The quantitative estimate of drug-likeness (QED) is 0.581. The Morgan fingerprint density at radius 1 is 0.786 bits per heavy atom. The topological polar surface area (TPSA) is 61.4 Å². The number of hydrogen-bond donors (Lipinski definition) is 2. The minimum absolute atomic E-state index is 0.201. The molecular weight excluding hydrogens is 397 g/mol. The molecule has 7 heteroatoms. The average Bonchev–Trinajstić information content (AvgIpc) is 2.72. The van der Waals surface area contributed by atoms with Gasteiger partial charge in [-0.2, -0.15) is 0 Å². The van der Waals surface area contributed by atoms with E-state index in [0.717, 1.165) is 0 Å². The molecule has 0 radical (unpaired) electrons. The molecule has 0 bridgehead atoms. The van der Waals surface area contributed by atoms with Gasteiger partial charge in [0.2, 0.25) is 0 Å². The van der Waals surface area contributed by atoms with E-state index in [0.29, 0.717) is 22.1 Å². The first kappa shape index (κ1) is 19.7. The molecule has 2 N–H and O–H groups in total. The van der Waals surface area contributed by atoms with Gasteiger partial charge in [0.1, 0.15) is 0 Å². The maximum Gasteiger partial charge on any atom is 0.319 e. The highest BCUT2D eigenvalue weighted by Gasteiger charge is 2.18. The van der Waals surface area contributed by atoms with Gasteiger partial charge < -0.3 is 10.6 Å². The zero-order chi connectivity index (χ0) is 19.9. The molecule has 5 nitrogen and oxygen atoms in total. The summed E-state index contributed by atoms with van der Waals surface area (Å²) in [6.07, 6.45) is 0. The summed E-state index contributed by atoms with van der Waals surface area (Å²) in [6.45, 7) is -0.201. The minimum Gasteiger partial charge on any atom is -0.329 e. The maximum atomic E-state index is 12.9. The first-order chi connectivity index (χ1) is 13.6. The van der Waals surface area contributed by atoms with E-state index in [9.17, 15) is 9.59 Å². The second-order valence-electron chi connectivity index (χ2n) is 5.81. The largest absolute Gasteiger partial charge is 0.329 e. The number of amides is 3. The zero-order valence-corrected chi connectivity index (χ0v) is 16.2. The van der Waals surface area contributed by atoms with Gasteiger partial charge >= 0.3 is 6.03 Å². The number of carbonyl (C=O) groups is 2. The second kappa shape index (κ2) is 9.26. The second-order valence-corrected chi connectivity index (χ2v) is 6.59. The molecule has 3 rings (SSSR count). The summed E-state index contributed by atoms with van der Waals surface area (Å²) in [5, 5.41) is 5.71. The summed E-state index contributed by atoms with van der Waals surface area (Å²) in [4.78, 5) is 26.6. The number of nitrogens with zero attached hydrogens (tertiary/aromatic N) is 1. The van der Waals surface area contributed by atoms with Crippen LogP contribution in [0.3, 0.4) is 0 Å². The SMILES string of the molecule is O=C(NCC(=O)N(c1ccccc1)c1ccccc1)Nc1cccc(Cl)c1Cl. The van der Waals surface area contributed by atoms with Gasteiger partial charge in [-0.1, -0.05) is 65.7 Å². The van der Waals surface area contributed by atoms with Gasteiger partial charge in [0, 0.05) is 11.4 Å². The van der Waals surface area contributed by atoms with Crippen LogP contribution in [0, 0.1) is 0 Å². The van der Waals surface area contributed by atoms with Crippen molar-refractivity contribution in [3.63, 3.8) is 0 Å². The number of urea groups is 1. The van der Waals surface area contributed by atoms with Crippen LogP contribution in [0.5, 0.6) is 0 Å². The van der Waals surface area contributed by atoms with Crippen LogP contribution in [0.25, 0.3) is 0 Å². The van der Waals surface area contributed by atoms with E-state index < -0.39 is 6.03 Å². The normalized spacial score (nSPS) is 10.2. The molecule has 0 heterocycles. The highest BCUT2D eigenvalue weighted by atomic mass is 35.5. The number of hydrogen-bond acceptors (Lipinski definition) is 2. The van der Waals surface area contributed by atoms with Crippen molar-refractivity contribution in [2.24, 2.45) is 0 Å². The lowest BCUT2D eigenvalue weighted by Gasteiger charge is -2.23. The molecule has 3 amide bonds. The molecule has 0 spiro atoms. The van der Waals surface area contributed by atoms with Crippen LogP contribution >= 0.6 is 23.2 Å². The van der Waals surface area contributed by atoms with E-state index in [1.54, 1.807) is 23.1 Å². The van der Waals surface area contributed by atoms with Crippen LogP contribution in [0.2, 0.25) is 10.0 Å². The van der Waals surface area contributed by atoms with E-state index in [-0.39, 0.29) is 17.5 Å². The van der Waals surface area contributed by atoms with E-state index in [1.165, 1.54) is 0 Å². The minimum atomic E-state index is -0.557. The first-order valence-electron chi connectivity index (χ1n) is 8.48. The Hall–Kier alpha value is -3.02. The fourth-order valence-electron chi connectivity index (χ4n) is 2.59. The Labute approximate surface area is 172 Å². The Balaban J connectivity index is 1.70. The van der Waals surface area contributed by atoms with Gasteiger partial charge in [-0.25, -0.2) is 4.79 Å². The molecule has 0 aliphatic heterocycles. The first-order valence-corrected chi connectivity index (χ1v) is 9.24. The summed E-state index contributed by atoms with van der Waals surface area (Å²) in [5.74, 6) is -0.287. The Kier molecular flexibility index (Phi) is 6.53. The van der Waals surface area contributed by atoms with Gasteiger partial charge in [0.05, 0.1) is 22.3 Å². The molecule has 142 valence electrons. The summed E-state index contributed by atoms with van der Waals surface area (Å²) < 4.78 is 0. The van der Waals surface area contributed by atoms with E-state index >= 15 is 0 Å². The van der Waals surface area contributed by atoms with Crippen LogP contribution in [0.1, 0.15) is 0 Å². The number of para-hydroxylation sites is 2. The van der Waals surface area contributed by atoms with E-state index in [2.05, 4.69) is 10.6 Å². The molecule has 0 aromatic heterocycles. The molecule has 0 aliphatic rings. The van der Waals surface area contributed by atoms with Crippen molar-refractivity contribution in [2.75, 3.05) is 16.8 Å². The van der Waals surface area contributed by atoms with Crippen molar-refractivity contribution < 1.29 is 9.59 Å². The number of nitrogens with one attached hydrogen (secondary N) is 2. The molecular formula is C21H17Cl2N3O2. The highest BCUT2D eigenvalue weighted by molar-refractivity contribution is 6.43. The molecule has 28 heavy (non-hydrogen) atoms. The Bertz CT molecular complexity index is 926. The van der Waals surface area contributed by atoms with Gasteiger partial charge in [-0.05, 0) is 36.4 Å². The van der Waals surface area contributed by atoms with E-state index in [1.807, 2.05) is 60.7 Å². The average molecular weight is 414 g/mol. The molecule has 0 saturated carbocycles. The molecule has 0 saturated heterocycles. The standard InChI is InChI=1S/C21H17Cl2N3O2/c22-17-12-7-13-18(20(17)23)25-21(28)24-14-19(27)26(15-8-3-1-4-9-15)16-10-5-2-6-11-16/h1-13H,14H2,(H2,24,25,28). The molecule has 0 atom stereocenters. The van der Waals surface area contributed by atoms with Crippen molar-refractivity contribution >= 4 is 52.2 Å². The Morgan fingerprint density at radius 3 is 1.93 bits per heavy atom. The maximum absolute atomic E-state index is 12.9. The molecule has 3 aromatic carbocycles. The highest BCUT2D eigenvalue weighted by Crippen LogP contribution is 2.29. The molecule has 0 aliphatic carbocycles. The lowest BCUT2D eigenvalue weighted by atomic mass is 10.2. The monoisotopic (exact) mass is 413 g/mol. The zero-order valence-electron chi connectivity index (χ0n) is 14.7. The third kappa shape index (κ3) is 4.82. The van der Waals surface area contributed by atoms with Crippen LogP contribution < -0.4 is 15.5 Å². The van der Waals surface area contributed by atoms with Gasteiger partial charge in [-0.15, -0.1) is 0 Å². The van der Waals surface area contributed by atoms with Crippen molar-refractivity contribution in [1.29, 1.82) is 0 Å². The third-order valence-electron chi connectivity index (χ3n) is 3.88. The lowest BCUT2D eigenvalue weighted by molar-refractivity contribution is -0.116. The lowest BCUT2D eigenvalue weighted by Crippen LogP contribution is -2.39. The Morgan fingerprint density at radius 2 is 1.36 bits per heavy atom. The van der Waals surface area contributed by atoms with Crippen LogP contribution in [-0.4, -0.2) is 18.5 Å². The number of anilines is 3. The fourth-order valence-corrected chi connectivity index (χ4v) is 2.94. The summed E-state index contributed by atoms with van der Waals surface area (Å²) in [7, 11) is 0. The molecule has 0 fully saturated rings. The molecule has 0 unspecified atom stereocenters. The van der Waals surface area contributed by atoms with Crippen molar-refractivity contribution in [3.05, 3.63) is 88.9 Å². The van der Waals surface area contributed by atoms with E-state index in [4.69, 9.17) is 23.2 Å². The fraction of sp³-hybridized carbons (Fsp3) is 0.0476. The summed E-state index contributed by atoms with van der Waals surface area (Å²) in [5.41, 5.74) is 1.78. The summed E-state index contributed by atoms with van der Waals surface area (Å²) >= 11 is 12.0. The van der Waals surface area contributed by atoms with Crippen molar-refractivity contribution in [2.45, 2.75) is 0 Å². The summed E-state index contributed by atoms with van der Waals surface area (Å²) in [6, 6.07) is 22.8. The van der Waals surface area contributed by atoms with Crippen LogP contribution in [0.4, 0.5) is 21.9 Å². The smallest absolute Gasteiger partial charge is 0.319 e. The van der Waals surface area contributed by atoms with Crippen molar-refractivity contribution in [1.82, 2.24) is 5.32 Å². The van der Waals surface area contributed by atoms with Crippen LogP contribution in [0.15, 0.2) is 78.9 Å². The van der Waals surface area contributed by atoms with Crippen LogP contribution in [-0.2, 0) is 4.79 Å². The van der Waals surface area contributed by atoms with Gasteiger partial charge in [0.25, 0.3) is 5.91 Å². The number of halogens is 2. The van der Waals surface area contributed by atoms with Crippen molar-refractivity contribution in [3.8, 4) is 0 Å². The predicted molar refractivity (Wildman–Crippen MR) is 114 cm³/mol. The number of benzene rings is 3. The molecule has 3 aromatic rings. The number of carbonyl (C=O) groups excluding carboxylic acids is 2. The number of rotatable bonds is 5. The predicted octanol–water partition coefficient (Wildman–Crippen LogP) is 5.48. The third-order valence-corrected chi connectivity index (χ3v) is 4.70.